The summed E-state index contributed by atoms with van der Waals surface area (Å²) in [4.78, 5) is 43.1. The Labute approximate surface area is 177 Å². The molecule has 158 valence electrons. The lowest BCUT2D eigenvalue weighted by atomic mass is 9.67. The third-order valence-corrected chi connectivity index (χ3v) is 6.43. The number of nitrogen functional groups attached to an aromatic ring is 1. The van der Waals surface area contributed by atoms with E-state index in [1.165, 1.54) is 0 Å². The molecule has 1 aliphatic heterocycles. The number of H-pyrrole nitrogens is 1. The molecule has 4 N–H and O–H groups in total. The standard InChI is InChI=1S/C22H22N6O3/c1-11-8-14(28-21(31)26-19(29)18(23)27-28)9-12(2)15(11)10-13-4-5-16-17(24-13)22(6-3-7-22)20(30)25-16/h4-5,8-9H,3,6-7,10H2,1-2H3,(H2,23,27)(H,25,30)(H,26,29,31). The van der Waals surface area contributed by atoms with Crippen molar-refractivity contribution in [1.82, 2.24) is 19.7 Å². The van der Waals surface area contributed by atoms with Gasteiger partial charge < -0.3 is 11.1 Å². The first-order chi connectivity index (χ1) is 14.8. The van der Waals surface area contributed by atoms with Gasteiger partial charge in [0, 0.05) is 12.1 Å². The number of hydrogen-bond acceptors (Lipinski definition) is 6. The lowest BCUT2D eigenvalue weighted by Crippen LogP contribution is -2.41. The number of aryl methyl sites for hydroxylation is 2. The molecule has 3 heterocycles. The van der Waals surface area contributed by atoms with E-state index in [2.05, 4.69) is 15.4 Å². The summed E-state index contributed by atoms with van der Waals surface area (Å²) in [6.45, 7) is 3.91. The van der Waals surface area contributed by atoms with Crippen LogP contribution in [0.15, 0.2) is 33.9 Å². The average Bonchev–Trinajstić information content (AvgIpc) is 2.98. The van der Waals surface area contributed by atoms with Gasteiger partial charge in [-0.1, -0.05) is 6.42 Å². The van der Waals surface area contributed by atoms with Crippen LogP contribution in [0.4, 0.5) is 11.5 Å². The Hall–Kier alpha value is -3.75. The van der Waals surface area contributed by atoms with Crippen molar-refractivity contribution in [3.8, 4) is 5.69 Å². The summed E-state index contributed by atoms with van der Waals surface area (Å²) < 4.78 is 1.09. The maximum absolute atomic E-state index is 12.4. The molecule has 2 aromatic heterocycles. The highest BCUT2D eigenvalue weighted by molar-refractivity contribution is 6.06. The van der Waals surface area contributed by atoms with E-state index >= 15 is 0 Å². The highest BCUT2D eigenvalue weighted by atomic mass is 16.2. The number of nitrogens with two attached hydrogens (primary N) is 1. The topological polar surface area (TPSA) is 136 Å². The van der Waals surface area contributed by atoms with E-state index in [4.69, 9.17) is 10.7 Å². The quantitative estimate of drug-likeness (QED) is 0.589. The fourth-order valence-electron chi connectivity index (χ4n) is 4.55. The van der Waals surface area contributed by atoms with Gasteiger partial charge in [0.15, 0.2) is 0 Å². The summed E-state index contributed by atoms with van der Waals surface area (Å²) in [7, 11) is 0. The Kier molecular flexibility index (Phi) is 4.11. The molecule has 0 radical (unpaired) electrons. The van der Waals surface area contributed by atoms with Crippen LogP contribution < -0.4 is 22.3 Å². The van der Waals surface area contributed by atoms with E-state index in [9.17, 15) is 14.4 Å². The molecular formula is C22H22N6O3. The molecule has 5 rings (SSSR count). The first kappa shape index (κ1) is 19.2. The van der Waals surface area contributed by atoms with Crippen LogP contribution in [0, 0.1) is 13.8 Å². The molecule has 1 amide bonds. The van der Waals surface area contributed by atoms with Crippen LogP contribution in [0.3, 0.4) is 0 Å². The molecule has 0 bridgehead atoms. The van der Waals surface area contributed by atoms with Gasteiger partial charge in [-0.25, -0.2) is 4.79 Å². The number of carbonyl (C=O) groups excluding carboxylic acids is 1. The van der Waals surface area contributed by atoms with E-state index in [1.54, 1.807) is 0 Å². The van der Waals surface area contributed by atoms with Crippen LogP contribution in [0.1, 0.15) is 47.3 Å². The second kappa shape index (κ2) is 6.63. The van der Waals surface area contributed by atoms with Gasteiger partial charge in [0.05, 0.1) is 22.5 Å². The third kappa shape index (κ3) is 2.88. The van der Waals surface area contributed by atoms with Gasteiger partial charge in [-0.15, -0.1) is 5.10 Å². The maximum atomic E-state index is 12.4. The number of aromatic amines is 1. The maximum Gasteiger partial charge on any atom is 0.349 e. The van der Waals surface area contributed by atoms with Gasteiger partial charge >= 0.3 is 5.69 Å². The summed E-state index contributed by atoms with van der Waals surface area (Å²) >= 11 is 0. The van der Waals surface area contributed by atoms with Gasteiger partial charge in [0.25, 0.3) is 5.56 Å². The van der Waals surface area contributed by atoms with Gasteiger partial charge in [0.2, 0.25) is 11.7 Å². The molecule has 1 aliphatic carbocycles. The highest BCUT2D eigenvalue weighted by Crippen LogP contribution is 2.50. The van der Waals surface area contributed by atoms with E-state index in [1.807, 2.05) is 38.1 Å². The third-order valence-electron chi connectivity index (χ3n) is 6.43. The Bertz CT molecular complexity index is 1340. The number of nitrogens with zero attached hydrogens (tertiary/aromatic N) is 3. The molecule has 1 aromatic carbocycles. The molecule has 3 aromatic rings. The number of nitrogens with one attached hydrogen (secondary N) is 2. The zero-order chi connectivity index (χ0) is 21.9. The lowest BCUT2D eigenvalue weighted by molar-refractivity contribution is -0.123. The SMILES string of the molecule is Cc1cc(-n2nc(N)c(=O)[nH]c2=O)cc(C)c1Cc1ccc2c(n1)C1(CCC1)C(=O)N2. The van der Waals surface area contributed by atoms with Gasteiger partial charge in [-0.05, 0) is 67.6 Å². The number of pyridine rings is 1. The van der Waals surface area contributed by atoms with E-state index < -0.39 is 16.7 Å². The van der Waals surface area contributed by atoms with Crippen LogP contribution >= 0.6 is 0 Å². The molecule has 0 unspecified atom stereocenters. The first-order valence-corrected chi connectivity index (χ1v) is 10.2. The molecule has 9 heteroatoms. The molecule has 1 saturated carbocycles. The average molecular weight is 418 g/mol. The van der Waals surface area contributed by atoms with E-state index in [-0.39, 0.29) is 11.7 Å². The Morgan fingerprint density at radius 3 is 2.48 bits per heavy atom. The van der Waals surface area contributed by atoms with Gasteiger partial charge in [0.1, 0.15) is 0 Å². The number of hydrogen-bond donors (Lipinski definition) is 3. The zero-order valence-electron chi connectivity index (χ0n) is 17.3. The van der Waals surface area contributed by atoms with Crippen molar-refractivity contribution in [2.24, 2.45) is 0 Å². The second-order valence-electron chi connectivity index (χ2n) is 8.38. The van der Waals surface area contributed by atoms with Gasteiger partial charge in [-0.2, -0.15) is 4.68 Å². The Balaban J connectivity index is 1.51. The van der Waals surface area contributed by atoms with Crippen LogP contribution in [0.2, 0.25) is 0 Å². The lowest BCUT2D eigenvalue weighted by Gasteiger charge is -2.35. The highest BCUT2D eigenvalue weighted by Gasteiger charge is 2.52. The predicted molar refractivity (Wildman–Crippen MR) is 116 cm³/mol. The second-order valence-corrected chi connectivity index (χ2v) is 8.38. The van der Waals surface area contributed by atoms with Crippen LogP contribution in [0.25, 0.3) is 5.69 Å². The minimum atomic E-state index is -0.703. The number of rotatable bonds is 3. The fourth-order valence-corrected chi connectivity index (χ4v) is 4.55. The zero-order valence-corrected chi connectivity index (χ0v) is 17.3. The molecule has 1 fully saturated rings. The molecule has 9 nitrogen and oxygen atoms in total. The molecule has 2 aliphatic rings. The number of amides is 1. The van der Waals surface area contributed by atoms with Gasteiger partial charge in [-0.3, -0.25) is 19.6 Å². The summed E-state index contributed by atoms with van der Waals surface area (Å²) in [5.74, 6) is -0.206. The normalized spacial score (nSPS) is 16.1. The number of benzene rings is 1. The summed E-state index contributed by atoms with van der Waals surface area (Å²) in [6.07, 6.45) is 3.34. The molecule has 0 atom stereocenters. The minimum Gasteiger partial charge on any atom is -0.378 e. The Morgan fingerprint density at radius 1 is 1.13 bits per heavy atom. The largest absolute Gasteiger partial charge is 0.378 e. The van der Waals surface area contributed by atoms with Crippen molar-refractivity contribution in [3.63, 3.8) is 0 Å². The van der Waals surface area contributed by atoms with Crippen LogP contribution in [-0.2, 0) is 16.6 Å². The van der Waals surface area contributed by atoms with E-state index in [0.717, 1.165) is 57.7 Å². The predicted octanol–water partition coefficient (Wildman–Crippen LogP) is 1.48. The molecule has 31 heavy (non-hydrogen) atoms. The Morgan fingerprint density at radius 2 is 1.84 bits per heavy atom. The number of anilines is 2. The summed E-state index contributed by atoms with van der Waals surface area (Å²) in [6, 6.07) is 7.55. The number of carbonyl (C=O) groups is 1. The van der Waals surface area contributed by atoms with Crippen molar-refractivity contribution in [1.29, 1.82) is 0 Å². The van der Waals surface area contributed by atoms with Crippen molar-refractivity contribution in [2.75, 3.05) is 11.1 Å². The monoisotopic (exact) mass is 418 g/mol. The smallest absolute Gasteiger partial charge is 0.349 e. The number of aromatic nitrogens is 4. The van der Waals surface area contributed by atoms with Crippen molar-refractivity contribution in [3.05, 3.63) is 73.2 Å². The molecule has 1 spiro atoms. The summed E-state index contributed by atoms with van der Waals surface area (Å²) in [5.41, 5.74) is 9.89. The fraction of sp³-hybridized carbons (Fsp3) is 0.318. The van der Waals surface area contributed by atoms with Crippen molar-refractivity contribution >= 4 is 17.4 Å². The van der Waals surface area contributed by atoms with Crippen LogP contribution in [-0.4, -0.2) is 25.7 Å². The molecular weight excluding hydrogens is 396 g/mol. The molecule has 0 saturated heterocycles. The van der Waals surface area contributed by atoms with Crippen molar-refractivity contribution in [2.45, 2.75) is 44.9 Å². The minimum absolute atomic E-state index is 0.0632. The first-order valence-electron chi connectivity index (χ1n) is 10.2. The summed E-state index contributed by atoms with van der Waals surface area (Å²) in [5, 5.41) is 6.87. The number of fused-ring (bicyclic) bond motifs is 2. The van der Waals surface area contributed by atoms with Crippen LogP contribution in [0.5, 0.6) is 0 Å². The van der Waals surface area contributed by atoms with E-state index in [0.29, 0.717) is 12.1 Å². The van der Waals surface area contributed by atoms with Crippen molar-refractivity contribution < 1.29 is 4.79 Å².